The van der Waals surface area contributed by atoms with Crippen LogP contribution in [0.2, 0.25) is 0 Å². The van der Waals surface area contributed by atoms with Crippen LogP contribution in [0, 0.1) is 0 Å². The molecule has 2 heterocycles. The summed E-state index contributed by atoms with van der Waals surface area (Å²) in [5.41, 5.74) is 5.09. The van der Waals surface area contributed by atoms with Crippen LogP contribution in [-0.2, 0) is 16.8 Å². The summed E-state index contributed by atoms with van der Waals surface area (Å²) in [6.07, 6.45) is 0. The molecule has 1 aliphatic heterocycles. The van der Waals surface area contributed by atoms with Crippen molar-refractivity contribution in [1.29, 1.82) is 0 Å². The van der Waals surface area contributed by atoms with E-state index in [1.807, 2.05) is 62.4 Å². The van der Waals surface area contributed by atoms with Gasteiger partial charge in [0.25, 0.3) is 5.91 Å². The van der Waals surface area contributed by atoms with Gasteiger partial charge < -0.3 is 20.1 Å². The summed E-state index contributed by atoms with van der Waals surface area (Å²) < 4.78 is 13.4. The third-order valence-corrected chi connectivity index (χ3v) is 6.82. The van der Waals surface area contributed by atoms with E-state index in [4.69, 9.17) is 9.47 Å². The molecule has 2 N–H and O–H groups in total. The van der Waals surface area contributed by atoms with Gasteiger partial charge in [-0.3, -0.25) is 4.79 Å². The maximum atomic E-state index is 13.7. The van der Waals surface area contributed by atoms with Crippen molar-refractivity contribution in [1.82, 2.24) is 20.2 Å². The monoisotopic (exact) mass is 538 g/mol. The number of hydrogen-bond acceptors (Lipinski definition) is 7. The highest BCUT2D eigenvalue weighted by Crippen LogP contribution is 2.36. The number of nitrogens with one attached hydrogen (secondary N) is 2. The molecule has 4 aromatic rings. The van der Waals surface area contributed by atoms with Crippen molar-refractivity contribution in [3.63, 3.8) is 0 Å². The number of hydrogen-bond donors (Lipinski definition) is 2. The van der Waals surface area contributed by atoms with E-state index in [1.54, 1.807) is 4.68 Å². The smallest absolute Gasteiger partial charge is 0.255 e. The number of benzene rings is 3. The molecule has 5 rings (SSSR count). The normalized spacial score (nSPS) is 14.8. The minimum absolute atomic E-state index is 0.110. The van der Waals surface area contributed by atoms with Gasteiger partial charge in [-0.25, -0.2) is 0 Å². The fourth-order valence-corrected chi connectivity index (χ4v) is 4.67. The molecule has 0 spiro atoms. The van der Waals surface area contributed by atoms with Crippen LogP contribution in [0.15, 0.2) is 84.1 Å². The van der Waals surface area contributed by atoms with Gasteiger partial charge in [-0.05, 0) is 70.6 Å². The molecular formula is C31H34N6O3. The molecule has 0 fully saturated rings. The second kappa shape index (κ2) is 11.2. The number of anilines is 2. The average Bonchev–Trinajstić information content (AvgIpc) is 3.40. The Labute approximate surface area is 234 Å². The van der Waals surface area contributed by atoms with Crippen LogP contribution < -0.4 is 20.1 Å². The van der Waals surface area contributed by atoms with Gasteiger partial charge in [-0.2, -0.15) is 4.68 Å². The number of ether oxygens (including phenoxy) is 2. The Morgan fingerprint density at radius 2 is 1.73 bits per heavy atom. The molecule has 1 aliphatic rings. The number of para-hydroxylation sites is 2. The van der Waals surface area contributed by atoms with E-state index >= 15 is 0 Å². The van der Waals surface area contributed by atoms with Gasteiger partial charge in [-0.1, -0.05) is 74.4 Å². The van der Waals surface area contributed by atoms with Crippen LogP contribution in [0.5, 0.6) is 11.5 Å². The van der Waals surface area contributed by atoms with E-state index in [9.17, 15) is 4.79 Å². The van der Waals surface area contributed by atoms with Crippen molar-refractivity contribution >= 4 is 17.5 Å². The number of carbonyl (C=O) groups is 1. The molecule has 1 aromatic heterocycles. The Morgan fingerprint density at radius 3 is 2.42 bits per heavy atom. The Kier molecular flexibility index (Phi) is 7.55. The fourth-order valence-electron chi connectivity index (χ4n) is 4.67. The lowest BCUT2D eigenvalue weighted by Gasteiger charge is -2.28. The molecule has 0 saturated carbocycles. The van der Waals surface area contributed by atoms with Crippen LogP contribution in [0.25, 0.3) is 0 Å². The van der Waals surface area contributed by atoms with E-state index in [0.29, 0.717) is 41.9 Å². The first-order valence-corrected chi connectivity index (χ1v) is 13.4. The number of aromatic nitrogens is 4. The van der Waals surface area contributed by atoms with Gasteiger partial charge in [-0.15, -0.1) is 0 Å². The highest BCUT2D eigenvalue weighted by Gasteiger charge is 2.34. The average molecular weight is 539 g/mol. The lowest BCUT2D eigenvalue weighted by molar-refractivity contribution is -0.113. The van der Waals surface area contributed by atoms with Gasteiger partial charge in [0, 0.05) is 5.70 Å². The molecule has 0 saturated heterocycles. The molecule has 9 heteroatoms. The maximum Gasteiger partial charge on any atom is 0.255 e. The molecule has 0 aliphatic carbocycles. The van der Waals surface area contributed by atoms with Crippen molar-refractivity contribution < 1.29 is 14.3 Å². The Hall–Kier alpha value is -4.66. The van der Waals surface area contributed by atoms with Crippen LogP contribution in [0.4, 0.5) is 11.6 Å². The highest BCUT2D eigenvalue weighted by molar-refractivity contribution is 6.06. The number of rotatable bonds is 8. The number of allylic oxidation sites excluding steroid dienone is 1. The number of carbonyl (C=O) groups excluding carboxylic acids is 1. The zero-order chi connectivity index (χ0) is 28.3. The van der Waals surface area contributed by atoms with Gasteiger partial charge in [0.2, 0.25) is 5.95 Å². The quantitative estimate of drug-likeness (QED) is 0.289. The van der Waals surface area contributed by atoms with Crippen LogP contribution in [-0.4, -0.2) is 32.7 Å². The summed E-state index contributed by atoms with van der Waals surface area (Å²) in [7, 11) is 0. The van der Waals surface area contributed by atoms with E-state index in [1.165, 1.54) is 5.56 Å². The Bertz CT molecular complexity index is 1520. The first-order chi connectivity index (χ1) is 19.2. The summed E-state index contributed by atoms with van der Waals surface area (Å²) >= 11 is 0. The molecule has 0 bridgehead atoms. The molecule has 9 nitrogen and oxygen atoms in total. The second-order valence-corrected chi connectivity index (χ2v) is 10.7. The first kappa shape index (κ1) is 26.9. The lowest BCUT2D eigenvalue weighted by Crippen LogP contribution is -2.31. The predicted octanol–water partition coefficient (Wildman–Crippen LogP) is 5.88. The minimum atomic E-state index is -0.538. The van der Waals surface area contributed by atoms with Crippen molar-refractivity contribution in [3.8, 4) is 11.5 Å². The second-order valence-electron chi connectivity index (χ2n) is 10.7. The number of nitrogens with zero attached hydrogens (tertiary/aromatic N) is 4. The standard InChI is InChI=1S/C31H34N6O3/c1-6-39-26-10-8-7-9-25(26)33-29(38)27-20(2)32-30-34-35-36-37(30)28(27)22-13-17-24(18-14-22)40-19-21-11-15-23(16-12-21)31(3,4)5/h7-18,28H,6,19H2,1-5H3,(H,33,38)(H,32,34,36). The first-order valence-electron chi connectivity index (χ1n) is 13.4. The summed E-state index contributed by atoms with van der Waals surface area (Å²) in [5, 5.41) is 18.3. The van der Waals surface area contributed by atoms with Gasteiger partial charge >= 0.3 is 0 Å². The third kappa shape index (κ3) is 5.68. The maximum absolute atomic E-state index is 13.7. The van der Waals surface area contributed by atoms with Crippen molar-refractivity contribution in [2.24, 2.45) is 0 Å². The molecule has 1 amide bonds. The predicted molar refractivity (Wildman–Crippen MR) is 154 cm³/mol. The zero-order valence-corrected chi connectivity index (χ0v) is 23.4. The molecule has 3 aromatic carbocycles. The van der Waals surface area contributed by atoms with Gasteiger partial charge in [0.05, 0.1) is 17.9 Å². The van der Waals surface area contributed by atoms with Gasteiger partial charge in [0.1, 0.15) is 24.1 Å². The Morgan fingerprint density at radius 1 is 1.00 bits per heavy atom. The van der Waals surface area contributed by atoms with E-state index in [-0.39, 0.29) is 11.3 Å². The van der Waals surface area contributed by atoms with E-state index in [0.717, 1.165) is 16.9 Å². The zero-order valence-electron chi connectivity index (χ0n) is 23.4. The number of tetrazole rings is 1. The summed E-state index contributed by atoms with van der Waals surface area (Å²) in [4.78, 5) is 13.7. The summed E-state index contributed by atoms with van der Waals surface area (Å²) in [5.74, 6) is 1.52. The Balaban J connectivity index is 1.37. The fraction of sp³-hybridized carbons (Fsp3) is 0.290. The van der Waals surface area contributed by atoms with Gasteiger partial charge in [0.15, 0.2) is 0 Å². The third-order valence-electron chi connectivity index (χ3n) is 6.82. The van der Waals surface area contributed by atoms with Crippen molar-refractivity contribution in [2.75, 3.05) is 17.2 Å². The SMILES string of the molecule is CCOc1ccccc1NC(=O)C1=C(C)Nc2nnnn2C1c1ccc(OCc2ccc(C(C)(C)C)cc2)cc1. The largest absolute Gasteiger partial charge is 0.492 e. The highest BCUT2D eigenvalue weighted by atomic mass is 16.5. The van der Waals surface area contributed by atoms with Crippen molar-refractivity contribution in [2.45, 2.75) is 52.7 Å². The number of fused-ring (bicyclic) bond motifs is 1. The molecular weight excluding hydrogens is 504 g/mol. The lowest BCUT2D eigenvalue weighted by atomic mass is 9.87. The number of amides is 1. The molecule has 0 radical (unpaired) electrons. The topological polar surface area (TPSA) is 103 Å². The molecule has 1 unspecified atom stereocenters. The van der Waals surface area contributed by atoms with E-state index < -0.39 is 6.04 Å². The molecule has 1 atom stereocenters. The minimum Gasteiger partial charge on any atom is -0.492 e. The summed E-state index contributed by atoms with van der Waals surface area (Å²) in [6.45, 7) is 11.3. The van der Waals surface area contributed by atoms with Crippen LogP contribution >= 0.6 is 0 Å². The van der Waals surface area contributed by atoms with Crippen LogP contribution in [0.1, 0.15) is 57.4 Å². The van der Waals surface area contributed by atoms with Crippen LogP contribution in [0.3, 0.4) is 0 Å². The summed E-state index contributed by atoms with van der Waals surface area (Å²) in [6, 6.07) is 23.0. The molecule has 40 heavy (non-hydrogen) atoms. The van der Waals surface area contributed by atoms with E-state index in [2.05, 4.69) is 71.2 Å². The van der Waals surface area contributed by atoms with Crippen molar-refractivity contribution in [3.05, 3.63) is 101 Å². The molecule has 206 valence electrons.